The van der Waals surface area contributed by atoms with Gasteiger partial charge in [-0.2, -0.15) is 0 Å². The van der Waals surface area contributed by atoms with Gasteiger partial charge in [-0.25, -0.2) is 0 Å². The second-order valence-electron chi connectivity index (χ2n) is 8.02. The van der Waals surface area contributed by atoms with Gasteiger partial charge in [0.2, 0.25) is 0 Å². The van der Waals surface area contributed by atoms with Crippen molar-refractivity contribution >= 4 is 17.3 Å². The molecule has 7 heteroatoms. The van der Waals surface area contributed by atoms with Crippen molar-refractivity contribution in [3.05, 3.63) is 114 Å². The Morgan fingerprint density at radius 2 is 1.82 bits per heavy atom. The van der Waals surface area contributed by atoms with E-state index in [4.69, 9.17) is 17.0 Å². The average molecular weight is 456 g/mol. The van der Waals surface area contributed by atoms with Crippen LogP contribution in [0, 0.1) is 0 Å². The molecule has 33 heavy (non-hydrogen) atoms. The van der Waals surface area contributed by atoms with E-state index in [1.54, 1.807) is 13.3 Å². The van der Waals surface area contributed by atoms with Gasteiger partial charge in [-0.1, -0.05) is 24.3 Å². The number of nitrogens with zero attached hydrogens (tertiary/aromatic N) is 4. The van der Waals surface area contributed by atoms with Crippen LogP contribution in [0.15, 0.2) is 91.5 Å². The summed E-state index contributed by atoms with van der Waals surface area (Å²) in [4.78, 5) is 11.2. The Hall–Kier alpha value is -3.71. The Labute approximate surface area is 198 Å². The van der Waals surface area contributed by atoms with Crippen LogP contribution in [0.5, 0.6) is 5.75 Å². The molecule has 0 saturated carbocycles. The first kappa shape index (κ1) is 21.2. The molecule has 0 radical (unpaired) electrons. The number of hydrogen-bond acceptors (Lipinski definition) is 4. The van der Waals surface area contributed by atoms with Gasteiger partial charge in [0.05, 0.1) is 24.9 Å². The number of ether oxygens (including phenoxy) is 1. The summed E-state index contributed by atoms with van der Waals surface area (Å²) in [7, 11) is 1.68. The maximum Gasteiger partial charge on any atom is 0.170 e. The molecule has 4 aromatic rings. The molecule has 6 nitrogen and oxygen atoms in total. The molecule has 5 rings (SSSR count). The van der Waals surface area contributed by atoms with Crippen LogP contribution in [0.3, 0.4) is 0 Å². The van der Waals surface area contributed by atoms with Gasteiger partial charge in [0.1, 0.15) is 5.75 Å². The third-order valence-corrected chi connectivity index (χ3v) is 6.31. The van der Waals surface area contributed by atoms with E-state index in [0.717, 1.165) is 34.2 Å². The van der Waals surface area contributed by atoms with Gasteiger partial charge in [0, 0.05) is 43.6 Å². The topological polar surface area (TPSA) is 55.2 Å². The first-order valence-corrected chi connectivity index (χ1v) is 11.3. The average Bonchev–Trinajstić information content (AvgIpc) is 3.44. The fraction of sp³-hybridized carbons (Fsp3) is 0.192. The molecule has 1 saturated heterocycles. The smallest absolute Gasteiger partial charge is 0.170 e. The lowest BCUT2D eigenvalue weighted by molar-refractivity contribution is 0.298. The van der Waals surface area contributed by atoms with Gasteiger partial charge < -0.3 is 19.5 Å². The molecule has 1 aliphatic heterocycles. The Balaban J connectivity index is 1.52. The van der Waals surface area contributed by atoms with E-state index >= 15 is 0 Å². The van der Waals surface area contributed by atoms with Crippen molar-refractivity contribution in [3.63, 3.8) is 0 Å². The molecule has 0 amide bonds. The van der Waals surface area contributed by atoms with Crippen molar-refractivity contribution in [1.82, 2.24) is 24.8 Å². The molecule has 4 heterocycles. The minimum atomic E-state index is -0.0560. The number of aromatic nitrogens is 3. The standard InChI is InChI=1S/C26H25N5OS/c1-32-21-11-9-19(10-12-21)18-31-25(24(29-26(31)33)22-7-2-3-14-28-22)23-8-5-15-30(23)17-20-6-4-13-27-16-20/h2-16,24-25H,17-18H2,1H3,(H,29,33). The van der Waals surface area contributed by atoms with Crippen molar-refractivity contribution in [2.24, 2.45) is 0 Å². The van der Waals surface area contributed by atoms with Crippen molar-refractivity contribution in [2.45, 2.75) is 25.2 Å². The third kappa shape index (κ3) is 4.45. The number of hydrogen-bond donors (Lipinski definition) is 1. The molecule has 1 N–H and O–H groups in total. The Morgan fingerprint density at radius 1 is 0.939 bits per heavy atom. The van der Waals surface area contributed by atoms with Crippen molar-refractivity contribution in [2.75, 3.05) is 7.11 Å². The van der Waals surface area contributed by atoms with E-state index in [2.05, 4.69) is 67.3 Å². The summed E-state index contributed by atoms with van der Waals surface area (Å²) in [5, 5.41) is 4.26. The van der Waals surface area contributed by atoms with Crippen LogP contribution in [-0.4, -0.2) is 31.7 Å². The predicted octanol–water partition coefficient (Wildman–Crippen LogP) is 4.51. The zero-order valence-electron chi connectivity index (χ0n) is 18.3. The van der Waals surface area contributed by atoms with E-state index < -0.39 is 0 Å². The third-order valence-electron chi connectivity index (χ3n) is 5.95. The summed E-state index contributed by atoms with van der Waals surface area (Å²) >= 11 is 5.83. The summed E-state index contributed by atoms with van der Waals surface area (Å²) in [6.45, 7) is 1.42. The molecule has 2 atom stereocenters. The lowest BCUT2D eigenvalue weighted by Gasteiger charge is -2.29. The number of thiocarbonyl (C=S) groups is 1. The Bertz CT molecular complexity index is 1210. The normalized spacial score (nSPS) is 17.7. The fourth-order valence-electron chi connectivity index (χ4n) is 4.35. The Kier molecular flexibility index (Phi) is 6.04. The molecule has 0 bridgehead atoms. The van der Waals surface area contributed by atoms with E-state index in [-0.39, 0.29) is 12.1 Å². The molecule has 1 aliphatic rings. The number of pyridine rings is 2. The summed E-state index contributed by atoms with van der Waals surface area (Å²) in [6, 6.07) is 22.4. The van der Waals surface area contributed by atoms with E-state index in [1.807, 2.05) is 42.7 Å². The molecule has 1 fully saturated rings. The maximum absolute atomic E-state index is 5.83. The zero-order valence-corrected chi connectivity index (χ0v) is 19.2. The van der Waals surface area contributed by atoms with Crippen molar-refractivity contribution in [3.8, 4) is 5.75 Å². The highest BCUT2D eigenvalue weighted by Gasteiger charge is 2.41. The van der Waals surface area contributed by atoms with Crippen LogP contribution < -0.4 is 10.1 Å². The van der Waals surface area contributed by atoms with Gasteiger partial charge >= 0.3 is 0 Å². The van der Waals surface area contributed by atoms with Crippen LogP contribution in [0.1, 0.15) is 34.6 Å². The molecule has 2 unspecified atom stereocenters. The van der Waals surface area contributed by atoms with E-state index in [0.29, 0.717) is 6.54 Å². The lowest BCUT2D eigenvalue weighted by Crippen LogP contribution is -2.30. The van der Waals surface area contributed by atoms with E-state index in [9.17, 15) is 0 Å². The van der Waals surface area contributed by atoms with Crippen molar-refractivity contribution < 1.29 is 4.74 Å². The second-order valence-corrected chi connectivity index (χ2v) is 8.41. The largest absolute Gasteiger partial charge is 0.497 e. The highest BCUT2D eigenvalue weighted by atomic mass is 32.1. The number of methoxy groups -OCH3 is 1. The van der Waals surface area contributed by atoms with Crippen LogP contribution in [0.2, 0.25) is 0 Å². The molecule has 0 aliphatic carbocycles. The molecular formula is C26H25N5OS. The Morgan fingerprint density at radius 3 is 2.55 bits per heavy atom. The predicted molar refractivity (Wildman–Crippen MR) is 132 cm³/mol. The summed E-state index contributed by atoms with van der Waals surface area (Å²) in [5.74, 6) is 0.842. The first-order chi connectivity index (χ1) is 16.2. The molecular weight excluding hydrogens is 430 g/mol. The van der Waals surface area contributed by atoms with Crippen LogP contribution in [-0.2, 0) is 13.1 Å². The van der Waals surface area contributed by atoms with Gasteiger partial charge in [0.25, 0.3) is 0 Å². The minimum absolute atomic E-state index is 0.0128. The molecule has 166 valence electrons. The van der Waals surface area contributed by atoms with Gasteiger partial charge in [-0.15, -0.1) is 0 Å². The second kappa shape index (κ2) is 9.42. The molecule has 0 spiro atoms. The highest BCUT2D eigenvalue weighted by molar-refractivity contribution is 7.80. The maximum atomic E-state index is 5.83. The van der Waals surface area contributed by atoms with Crippen LogP contribution in [0.25, 0.3) is 0 Å². The first-order valence-electron chi connectivity index (χ1n) is 10.9. The van der Waals surface area contributed by atoms with Crippen LogP contribution in [0.4, 0.5) is 0 Å². The van der Waals surface area contributed by atoms with Gasteiger partial charge in [0.15, 0.2) is 5.11 Å². The quantitative estimate of drug-likeness (QED) is 0.414. The minimum Gasteiger partial charge on any atom is -0.497 e. The number of benzene rings is 1. The molecule has 1 aromatic carbocycles. The number of rotatable bonds is 7. The lowest BCUT2D eigenvalue weighted by atomic mass is 10.0. The van der Waals surface area contributed by atoms with E-state index in [1.165, 1.54) is 5.69 Å². The SMILES string of the molecule is COc1ccc(CN2C(=S)NC(c3ccccn3)C2c2cccn2Cc2cccnc2)cc1. The highest BCUT2D eigenvalue weighted by Crippen LogP contribution is 2.39. The monoisotopic (exact) mass is 455 g/mol. The summed E-state index contributed by atoms with van der Waals surface area (Å²) < 4.78 is 7.59. The summed E-state index contributed by atoms with van der Waals surface area (Å²) in [5.41, 5.74) is 4.46. The van der Waals surface area contributed by atoms with Gasteiger partial charge in [-0.3, -0.25) is 9.97 Å². The molecule has 3 aromatic heterocycles. The van der Waals surface area contributed by atoms with Crippen LogP contribution >= 0.6 is 12.2 Å². The fourth-order valence-corrected chi connectivity index (χ4v) is 4.66. The summed E-state index contributed by atoms with van der Waals surface area (Å²) in [6.07, 6.45) is 7.66. The number of nitrogens with one attached hydrogen (secondary N) is 1. The van der Waals surface area contributed by atoms with Gasteiger partial charge in [-0.05, 0) is 65.8 Å². The zero-order chi connectivity index (χ0) is 22.6. The van der Waals surface area contributed by atoms with Crippen molar-refractivity contribution in [1.29, 1.82) is 0 Å².